The molecule has 9 rings (SSSR count). The quantitative estimate of drug-likeness (QED) is 0.205. The number of para-hydroxylation sites is 1. The van der Waals surface area contributed by atoms with E-state index in [0.29, 0.717) is 0 Å². The lowest BCUT2D eigenvalue weighted by Gasteiger charge is -2.12. The number of furan rings is 1. The second-order valence-corrected chi connectivity index (χ2v) is 10.4. The average molecular weight is 464 g/mol. The van der Waals surface area contributed by atoms with Crippen molar-refractivity contribution in [2.24, 2.45) is 0 Å². The third-order valence-corrected chi connectivity index (χ3v) is 8.69. The minimum Gasteiger partial charge on any atom is -0.456 e. The molecular formula is C32H17NOS. The number of hydrogen-bond donors (Lipinski definition) is 0. The van der Waals surface area contributed by atoms with Gasteiger partial charge in [0.15, 0.2) is 0 Å². The molecule has 0 saturated carbocycles. The minimum absolute atomic E-state index is 0.934. The fourth-order valence-electron chi connectivity index (χ4n) is 6.14. The van der Waals surface area contributed by atoms with E-state index in [1.54, 1.807) is 0 Å². The maximum absolute atomic E-state index is 6.32. The van der Waals surface area contributed by atoms with Gasteiger partial charge in [0.25, 0.3) is 0 Å². The number of benzene rings is 5. The molecule has 2 nitrogen and oxygen atoms in total. The summed E-state index contributed by atoms with van der Waals surface area (Å²) in [7, 11) is 0. The summed E-state index contributed by atoms with van der Waals surface area (Å²) in [5, 5.41) is 11.4. The van der Waals surface area contributed by atoms with Crippen LogP contribution in [0.25, 0.3) is 80.1 Å². The molecule has 4 heterocycles. The summed E-state index contributed by atoms with van der Waals surface area (Å²) in [5.74, 6) is 0. The summed E-state index contributed by atoms with van der Waals surface area (Å²) in [6, 6.07) is 34.9. The molecule has 0 amide bonds. The average Bonchev–Trinajstić information content (AvgIpc) is 3.59. The Morgan fingerprint density at radius 2 is 1.23 bits per heavy atom. The molecule has 0 aliphatic carbocycles. The second-order valence-electron chi connectivity index (χ2n) is 9.33. The van der Waals surface area contributed by atoms with Crippen molar-refractivity contribution in [3.8, 4) is 0 Å². The van der Waals surface area contributed by atoms with Crippen LogP contribution in [0, 0.1) is 0 Å². The van der Waals surface area contributed by atoms with E-state index in [-0.39, 0.29) is 0 Å². The molecule has 0 atom stereocenters. The molecule has 0 N–H and O–H groups in total. The molecule has 9 aromatic rings. The Bertz CT molecular complexity index is 2330. The molecule has 0 radical (unpaired) electrons. The number of rotatable bonds is 0. The zero-order valence-electron chi connectivity index (χ0n) is 18.6. The number of fused-ring (bicyclic) bond motifs is 16. The highest BCUT2D eigenvalue weighted by Gasteiger charge is 2.20. The molecule has 0 aliphatic rings. The van der Waals surface area contributed by atoms with Gasteiger partial charge in [0.05, 0.1) is 11.0 Å². The molecule has 0 fully saturated rings. The largest absolute Gasteiger partial charge is 0.456 e. The van der Waals surface area contributed by atoms with Crippen LogP contribution in [0.1, 0.15) is 0 Å². The summed E-state index contributed by atoms with van der Waals surface area (Å²) in [6.07, 6.45) is 2.32. The highest BCUT2D eigenvalue weighted by atomic mass is 32.1. The van der Waals surface area contributed by atoms with Crippen LogP contribution in [0.4, 0.5) is 0 Å². The molecule has 35 heavy (non-hydrogen) atoms. The summed E-state index contributed by atoms with van der Waals surface area (Å²) in [4.78, 5) is 0. The summed E-state index contributed by atoms with van der Waals surface area (Å²) < 4.78 is 11.4. The van der Waals surface area contributed by atoms with Gasteiger partial charge in [-0.15, -0.1) is 11.3 Å². The molecular weight excluding hydrogens is 446 g/mol. The highest BCUT2D eigenvalue weighted by Crippen LogP contribution is 2.46. The Morgan fingerprint density at radius 3 is 2.17 bits per heavy atom. The van der Waals surface area contributed by atoms with Crippen LogP contribution in [0.3, 0.4) is 0 Å². The monoisotopic (exact) mass is 463 g/mol. The second kappa shape index (κ2) is 6.21. The first-order valence-electron chi connectivity index (χ1n) is 11.9. The van der Waals surface area contributed by atoms with Gasteiger partial charge >= 0.3 is 0 Å². The molecule has 0 saturated heterocycles. The number of hydrogen-bond acceptors (Lipinski definition) is 2. The molecule has 0 bridgehead atoms. The zero-order chi connectivity index (χ0) is 22.7. The van der Waals surface area contributed by atoms with Crippen LogP contribution in [-0.4, -0.2) is 4.40 Å². The lowest BCUT2D eigenvalue weighted by atomic mass is 9.97. The van der Waals surface area contributed by atoms with Gasteiger partial charge in [-0.05, 0) is 35.7 Å². The predicted molar refractivity (Wildman–Crippen MR) is 150 cm³/mol. The zero-order valence-corrected chi connectivity index (χ0v) is 19.4. The van der Waals surface area contributed by atoms with Crippen LogP contribution in [0.5, 0.6) is 0 Å². The van der Waals surface area contributed by atoms with E-state index < -0.39 is 0 Å². The fourth-order valence-corrected chi connectivity index (χ4v) is 7.25. The van der Waals surface area contributed by atoms with E-state index in [1.165, 1.54) is 68.9 Å². The first kappa shape index (κ1) is 18.0. The van der Waals surface area contributed by atoms with Gasteiger partial charge in [-0.25, -0.2) is 0 Å². The van der Waals surface area contributed by atoms with Gasteiger partial charge in [0, 0.05) is 58.7 Å². The van der Waals surface area contributed by atoms with Gasteiger partial charge in [-0.2, -0.15) is 0 Å². The Balaban J connectivity index is 1.70. The van der Waals surface area contributed by atoms with Crippen molar-refractivity contribution in [2.45, 2.75) is 0 Å². The molecule has 0 unspecified atom stereocenters. The van der Waals surface area contributed by atoms with E-state index in [2.05, 4.69) is 102 Å². The standard InChI is InChI=1S/C32H17NOS/c1-2-8-19-18(7-1)17-33-31(19)30-20(13-15-25-28(30)22-9-3-5-11-24(22)34-25)21-14-16-27-29(32(21)33)23-10-4-6-12-26(23)35-27/h1-17H. The number of pyridine rings is 1. The molecule has 162 valence electrons. The summed E-state index contributed by atoms with van der Waals surface area (Å²) in [6.45, 7) is 0. The Kier molecular flexibility index (Phi) is 3.20. The van der Waals surface area contributed by atoms with E-state index in [4.69, 9.17) is 4.42 Å². The molecule has 5 aromatic carbocycles. The number of aromatic nitrogens is 1. The first-order valence-corrected chi connectivity index (χ1v) is 12.7. The van der Waals surface area contributed by atoms with Crippen LogP contribution < -0.4 is 0 Å². The lowest BCUT2D eigenvalue weighted by molar-refractivity contribution is 0.669. The van der Waals surface area contributed by atoms with Gasteiger partial charge in [0.2, 0.25) is 0 Å². The van der Waals surface area contributed by atoms with Crippen molar-refractivity contribution in [2.75, 3.05) is 0 Å². The van der Waals surface area contributed by atoms with Crippen LogP contribution in [0.15, 0.2) is 108 Å². The first-order chi connectivity index (χ1) is 17.4. The lowest BCUT2D eigenvalue weighted by Crippen LogP contribution is -1.91. The SMILES string of the molecule is c1ccc2c(c1)cn1c3c(ccc4sc5ccccc5c43)c3ccc4oc5ccccc5c4c3c21. The van der Waals surface area contributed by atoms with Crippen LogP contribution in [0.2, 0.25) is 0 Å². The normalized spacial score (nSPS) is 12.6. The third kappa shape index (κ3) is 2.15. The number of thiophene rings is 1. The van der Waals surface area contributed by atoms with E-state index in [9.17, 15) is 0 Å². The topological polar surface area (TPSA) is 17.6 Å². The van der Waals surface area contributed by atoms with Crippen molar-refractivity contribution in [3.63, 3.8) is 0 Å². The van der Waals surface area contributed by atoms with Crippen molar-refractivity contribution in [1.82, 2.24) is 4.40 Å². The predicted octanol–water partition coefficient (Wildman–Crippen LogP) is 9.67. The van der Waals surface area contributed by atoms with Gasteiger partial charge in [0.1, 0.15) is 11.2 Å². The maximum Gasteiger partial charge on any atom is 0.136 e. The van der Waals surface area contributed by atoms with Crippen LogP contribution in [-0.2, 0) is 0 Å². The number of nitrogens with zero attached hydrogens (tertiary/aromatic N) is 1. The maximum atomic E-state index is 6.32. The molecule has 3 heteroatoms. The van der Waals surface area contributed by atoms with E-state index in [1.807, 2.05) is 17.4 Å². The third-order valence-electron chi connectivity index (χ3n) is 7.55. The fraction of sp³-hybridized carbons (Fsp3) is 0. The van der Waals surface area contributed by atoms with Crippen molar-refractivity contribution in [1.29, 1.82) is 0 Å². The van der Waals surface area contributed by atoms with Crippen LogP contribution >= 0.6 is 11.3 Å². The van der Waals surface area contributed by atoms with Gasteiger partial charge in [-0.1, -0.05) is 66.7 Å². The minimum atomic E-state index is 0.934. The summed E-state index contributed by atoms with van der Waals surface area (Å²) >= 11 is 1.87. The van der Waals surface area contributed by atoms with Gasteiger partial charge < -0.3 is 8.82 Å². The van der Waals surface area contributed by atoms with E-state index in [0.717, 1.165) is 11.2 Å². The Hall–Kier alpha value is -4.34. The van der Waals surface area contributed by atoms with Crippen molar-refractivity contribution in [3.05, 3.63) is 103 Å². The summed E-state index contributed by atoms with van der Waals surface area (Å²) in [5.41, 5.74) is 4.41. The smallest absolute Gasteiger partial charge is 0.136 e. The van der Waals surface area contributed by atoms with Crippen molar-refractivity contribution < 1.29 is 4.42 Å². The Labute approximate surface area is 203 Å². The van der Waals surface area contributed by atoms with Gasteiger partial charge in [-0.3, -0.25) is 0 Å². The Morgan fingerprint density at radius 1 is 0.486 bits per heavy atom. The highest BCUT2D eigenvalue weighted by molar-refractivity contribution is 7.26. The molecule has 4 aromatic heterocycles. The van der Waals surface area contributed by atoms with Crippen molar-refractivity contribution >= 4 is 91.4 Å². The van der Waals surface area contributed by atoms with E-state index >= 15 is 0 Å². The molecule has 0 spiro atoms. The molecule has 0 aliphatic heterocycles.